The summed E-state index contributed by atoms with van der Waals surface area (Å²) >= 11 is 0. The van der Waals surface area contributed by atoms with E-state index in [1.165, 1.54) is 0 Å². The maximum Gasteiger partial charge on any atom is 0.253 e. The van der Waals surface area contributed by atoms with Crippen LogP contribution in [0.1, 0.15) is 30.6 Å². The fourth-order valence-electron chi connectivity index (χ4n) is 2.42. The number of nitrogens with zero attached hydrogens (tertiary/aromatic N) is 2. The second-order valence-electron chi connectivity index (χ2n) is 6.20. The highest BCUT2D eigenvalue weighted by Crippen LogP contribution is 2.12. The number of rotatable bonds is 3. The van der Waals surface area contributed by atoms with E-state index in [1.54, 1.807) is 9.80 Å². The summed E-state index contributed by atoms with van der Waals surface area (Å²) in [6.07, 6.45) is 0.333. The van der Waals surface area contributed by atoms with Gasteiger partial charge in [-0.2, -0.15) is 0 Å². The van der Waals surface area contributed by atoms with Gasteiger partial charge in [-0.1, -0.05) is 18.2 Å². The summed E-state index contributed by atoms with van der Waals surface area (Å²) in [5.41, 5.74) is 6.09. The monoisotopic (exact) mass is 289 g/mol. The minimum Gasteiger partial charge on any atom is -0.339 e. The van der Waals surface area contributed by atoms with Crippen molar-refractivity contribution in [3.63, 3.8) is 0 Å². The molecule has 0 atom stereocenters. The third kappa shape index (κ3) is 4.29. The first-order chi connectivity index (χ1) is 9.87. The first-order valence-electron chi connectivity index (χ1n) is 7.28. The van der Waals surface area contributed by atoms with Gasteiger partial charge in [-0.05, 0) is 26.0 Å². The maximum atomic E-state index is 12.3. The summed E-state index contributed by atoms with van der Waals surface area (Å²) in [6, 6.07) is 9.24. The van der Waals surface area contributed by atoms with Gasteiger partial charge < -0.3 is 15.5 Å². The van der Waals surface area contributed by atoms with Crippen molar-refractivity contribution in [2.24, 2.45) is 5.73 Å². The van der Waals surface area contributed by atoms with E-state index in [9.17, 15) is 9.59 Å². The van der Waals surface area contributed by atoms with E-state index >= 15 is 0 Å². The lowest BCUT2D eigenvalue weighted by atomic mass is 10.0. The number of benzene rings is 1. The lowest BCUT2D eigenvalue weighted by molar-refractivity contribution is -0.133. The van der Waals surface area contributed by atoms with Gasteiger partial charge in [0.2, 0.25) is 5.91 Å². The SMILES string of the molecule is CC(C)(N)CC(=O)N1CCN(C(=O)c2ccccc2)CC1. The molecule has 2 rings (SSSR count). The first kappa shape index (κ1) is 15.5. The van der Waals surface area contributed by atoms with Crippen molar-refractivity contribution in [3.8, 4) is 0 Å². The quantitative estimate of drug-likeness (QED) is 0.906. The van der Waals surface area contributed by atoms with Gasteiger partial charge in [0.05, 0.1) is 0 Å². The number of amides is 2. The van der Waals surface area contributed by atoms with Crippen molar-refractivity contribution in [1.29, 1.82) is 0 Å². The van der Waals surface area contributed by atoms with Gasteiger partial charge in [-0.3, -0.25) is 9.59 Å². The second kappa shape index (κ2) is 6.26. The molecule has 1 heterocycles. The van der Waals surface area contributed by atoms with Crippen LogP contribution < -0.4 is 5.73 Å². The summed E-state index contributed by atoms with van der Waals surface area (Å²) in [5, 5.41) is 0. The number of piperazine rings is 1. The van der Waals surface area contributed by atoms with Crippen molar-refractivity contribution < 1.29 is 9.59 Å². The Morgan fingerprint density at radius 2 is 1.57 bits per heavy atom. The molecule has 1 fully saturated rings. The Hall–Kier alpha value is -1.88. The van der Waals surface area contributed by atoms with Gasteiger partial charge >= 0.3 is 0 Å². The molecule has 1 aromatic rings. The molecule has 0 radical (unpaired) electrons. The Kier molecular flexibility index (Phi) is 4.63. The van der Waals surface area contributed by atoms with Crippen LogP contribution in [0, 0.1) is 0 Å². The van der Waals surface area contributed by atoms with Crippen LogP contribution in [0.5, 0.6) is 0 Å². The van der Waals surface area contributed by atoms with E-state index in [0.717, 1.165) is 0 Å². The van der Waals surface area contributed by atoms with Crippen molar-refractivity contribution in [1.82, 2.24) is 9.80 Å². The molecule has 0 unspecified atom stereocenters. The molecule has 0 bridgehead atoms. The van der Waals surface area contributed by atoms with Crippen LogP contribution in [0.25, 0.3) is 0 Å². The smallest absolute Gasteiger partial charge is 0.253 e. The van der Waals surface area contributed by atoms with Gasteiger partial charge in [0.1, 0.15) is 0 Å². The number of hydrogen-bond acceptors (Lipinski definition) is 3. The maximum absolute atomic E-state index is 12.3. The molecule has 114 valence electrons. The fourth-order valence-corrected chi connectivity index (χ4v) is 2.42. The lowest BCUT2D eigenvalue weighted by Gasteiger charge is -2.36. The van der Waals surface area contributed by atoms with Crippen LogP contribution >= 0.6 is 0 Å². The summed E-state index contributed by atoms with van der Waals surface area (Å²) in [6.45, 7) is 6.00. The van der Waals surface area contributed by atoms with Crippen LogP contribution in [0.15, 0.2) is 30.3 Å². The average Bonchev–Trinajstić information content (AvgIpc) is 2.46. The molecule has 1 saturated heterocycles. The molecular weight excluding hydrogens is 266 g/mol. The third-order valence-corrected chi connectivity index (χ3v) is 3.55. The van der Waals surface area contributed by atoms with Crippen LogP contribution in [-0.4, -0.2) is 53.3 Å². The number of hydrogen-bond donors (Lipinski definition) is 1. The van der Waals surface area contributed by atoms with Gasteiger partial charge in [0.15, 0.2) is 0 Å². The molecule has 2 N–H and O–H groups in total. The van der Waals surface area contributed by atoms with Crippen molar-refractivity contribution in [2.75, 3.05) is 26.2 Å². The molecule has 5 heteroatoms. The standard InChI is InChI=1S/C16H23N3O2/c1-16(2,17)12-14(20)18-8-10-19(11-9-18)15(21)13-6-4-3-5-7-13/h3-7H,8-12,17H2,1-2H3. The van der Waals surface area contributed by atoms with Crippen molar-refractivity contribution in [3.05, 3.63) is 35.9 Å². The van der Waals surface area contributed by atoms with Crippen molar-refractivity contribution in [2.45, 2.75) is 25.8 Å². The highest BCUT2D eigenvalue weighted by atomic mass is 16.2. The van der Waals surface area contributed by atoms with Crippen LogP contribution in [0.3, 0.4) is 0 Å². The van der Waals surface area contributed by atoms with E-state index in [0.29, 0.717) is 38.2 Å². The summed E-state index contributed by atoms with van der Waals surface area (Å²) in [7, 11) is 0. The normalized spacial score (nSPS) is 16.0. The molecule has 1 aliphatic heterocycles. The number of carbonyl (C=O) groups is 2. The summed E-state index contributed by atoms with van der Waals surface area (Å²) < 4.78 is 0. The molecule has 0 saturated carbocycles. The third-order valence-electron chi connectivity index (χ3n) is 3.55. The molecule has 21 heavy (non-hydrogen) atoms. The Morgan fingerprint density at radius 3 is 2.10 bits per heavy atom. The molecule has 1 aromatic carbocycles. The van der Waals surface area contributed by atoms with Gasteiger partial charge in [0, 0.05) is 43.7 Å². The van der Waals surface area contributed by atoms with E-state index < -0.39 is 5.54 Å². The Labute approximate surface area is 125 Å². The topological polar surface area (TPSA) is 66.6 Å². The van der Waals surface area contributed by atoms with Gasteiger partial charge in [0.25, 0.3) is 5.91 Å². The Bertz CT molecular complexity index is 500. The van der Waals surface area contributed by atoms with E-state index in [2.05, 4.69) is 0 Å². The Morgan fingerprint density at radius 1 is 1.05 bits per heavy atom. The van der Waals surface area contributed by atoms with Gasteiger partial charge in [-0.25, -0.2) is 0 Å². The highest BCUT2D eigenvalue weighted by molar-refractivity contribution is 5.94. The Balaban J connectivity index is 1.89. The summed E-state index contributed by atoms with van der Waals surface area (Å²) in [5.74, 6) is 0.0937. The molecule has 0 spiro atoms. The van der Waals surface area contributed by atoms with E-state index in [4.69, 9.17) is 5.73 Å². The zero-order valence-electron chi connectivity index (χ0n) is 12.7. The first-order valence-corrected chi connectivity index (χ1v) is 7.28. The summed E-state index contributed by atoms with van der Waals surface area (Å²) in [4.78, 5) is 28.0. The number of carbonyl (C=O) groups excluding carboxylic acids is 2. The highest BCUT2D eigenvalue weighted by Gasteiger charge is 2.27. The zero-order chi connectivity index (χ0) is 15.5. The molecule has 1 aliphatic rings. The second-order valence-corrected chi connectivity index (χ2v) is 6.20. The van der Waals surface area contributed by atoms with Crippen LogP contribution in [0.4, 0.5) is 0 Å². The minimum absolute atomic E-state index is 0.0295. The van der Waals surface area contributed by atoms with Gasteiger partial charge in [-0.15, -0.1) is 0 Å². The van der Waals surface area contributed by atoms with Crippen molar-refractivity contribution >= 4 is 11.8 Å². The van der Waals surface area contributed by atoms with E-state index in [1.807, 2.05) is 44.2 Å². The average molecular weight is 289 g/mol. The molecule has 0 aliphatic carbocycles. The minimum atomic E-state index is -0.492. The van der Waals surface area contributed by atoms with Crippen LogP contribution in [-0.2, 0) is 4.79 Å². The molecule has 5 nitrogen and oxygen atoms in total. The fraction of sp³-hybridized carbons (Fsp3) is 0.500. The lowest BCUT2D eigenvalue weighted by Crippen LogP contribution is -2.52. The van der Waals surface area contributed by atoms with E-state index in [-0.39, 0.29) is 11.8 Å². The van der Waals surface area contributed by atoms with Crippen LogP contribution in [0.2, 0.25) is 0 Å². The molecular formula is C16H23N3O2. The predicted molar refractivity (Wildman–Crippen MR) is 81.8 cm³/mol. The molecule has 0 aromatic heterocycles. The predicted octanol–water partition coefficient (Wildman–Crippen LogP) is 1.10. The number of nitrogens with two attached hydrogens (primary N) is 1. The molecule has 2 amide bonds. The zero-order valence-corrected chi connectivity index (χ0v) is 12.7. The largest absolute Gasteiger partial charge is 0.339 e.